The first-order chi connectivity index (χ1) is 8.48. The molecule has 0 aliphatic heterocycles. The maximum Gasteiger partial charge on any atom is 0.233 e. The molecular formula is C12H23N3O3. The number of amides is 1. The highest BCUT2D eigenvalue weighted by Gasteiger charge is 2.32. The molecule has 1 amide bonds. The molecule has 6 nitrogen and oxygen atoms in total. The van der Waals surface area contributed by atoms with Gasteiger partial charge in [-0.1, -0.05) is 18.0 Å². The van der Waals surface area contributed by atoms with Crippen LogP contribution in [0.1, 0.15) is 39.5 Å². The van der Waals surface area contributed by atoms with Gasteiger partial charge in [-0.3, -0.25) is 4.79 Å². The van der Waals surface area contributed by atoms with Crippen molar-refractivity contribution < 1.29 is 14.7 Å². The van der Waals surface area contributed by atoms with Crippen LogP contribution in [0, 0.1) is 5.41 Å². The third-order valence-electron chi connectivity index (χ3n) is 3.36. The molecule has 0 aromatic heterocycles. The molecule has 1 rings (SSSR count). The molecule has 0 unspecified atom stereocenters. The maximum absolute atomic E-state index is 11.8. The summed E-state index contributed by atoms with van der Waals surface area (Å²) in [5.74, 6) is -0.371. The Labute approximate surface area is 108 Å². The van der Waals surface area contributed by atoms with Crippen LogP contribution in [0.25, 0.3) is 0 Å². The lowest BCUT2D eigenvalue weighted by atomic mass is 9.91. The van der Waals surface area contributed by atoms with Crippen molar-refractivity contribution in [2.45, 2.75) is 45.6 Å². The van der Waals surface area contributed by atoms with Gasteiger partial charge in [0.05, 0.1) is 12.7 Å². The Hall–Kier alpha value is -1.30. The Balaban J connectivity index is 2.24. The SMILES string of the molecule is CC(C)(C(=O)NCCOC1CCCC1)C(N)=NO. The molecule has 6 heteroatoms. The Morgan fingerprint density at radius 1 is 1.50 bits per heavy atom. The Morgan fingerprint density at radius 2 is 2.11 bits per heavy atom. The van der Waals surface area contributed by atoms with Crippen LogP contribution < -0.4 is 11.1 Å². The molecule has 1 aliphatic carbocycles. The van der Waals surface area contributed by atoms with Gasteiger partial charge in [-0.15, -0.1) is 0 Å². The molecule has 0 spiro atoms. The standard InChI is InChI=1S/C12H23N3O3/c1-12(2,10(13)15-17)11(16)14-7-8-18-9-5-3-4-6-9/h9,17H,3-8H2,1-2H3,(H2,13,15)(H,14,16). The van der Waals surface area contributed by atoms with E-state index in [4.69, 9.17) is 15.7 Å². The zero-order chi connectivity index (χ0) is 13.6. The molecule has 0 heterocycles. The first-order valence-electron chi connectivity index (χ1n) is 6.36. The second kappa shape index (κ2) is 6.58. The van der Waals surface area contributed by atoms with Crippen LogP contribution in [-0.2, 0) is 9.53 Å². The minimum Gasteiger partial charge on any atom is -0.409 e. The van der Waals surface area contributed by atoms with Crippen LogP contribution in [0.3, 0.4) is 0 Å². The van der Waals surface area contributed by atoms with Crippen molar-refractivity contribution >= 4 is 11.7 Å². The van der Waals surface area contributed by atoms with E-state index in [2.05, 4.69) is 10.5 Å². The van der Waals surface area contributed by atoms with E-state index in [0.717, 1.165) is 12.8 Å². The number of nitrogens with one attached hydrogen (secondary N) is 1. The number of nitrogens with zero attached hydrogens (tertiary/aromatic N) is 1. The first-order valence-corrected chi connectivity index (χ1v) is 6.36. The first kappa shape index (κ1) is 14.8. The van der Waals surface area contributed by atoms with Gasteiger partial charge in [0, 0.05) is 6.54 Å². The molecule has 4 N–H and O–H groups in total. The number of hydrogen-bond acceptors (Lipinski definition) is 4. The van der Waals surface area contributed by atoms with Gasteiger partial charge in [0.25, 0.3) is 0 Å². The number of ether oxygens (including phenoxy) is 1. The van der Waals surface area contributed by atoms with Crippen LogP contribution in [0.15, 0.2) is 5.16 Å². The maximum atomic E-state index is 11.8. The fraction of sp³-hybridized carbons (Fsp3) is 0.833. The average Bonchev–Trinajstić information content (AvgIpc) is 2.86. The van der Waals surface area contributed by atoms with Crippen molar-refractivity contribution in [2.24, 2.45) is 16.3 Å². The lowest BCUT2D eigenvalue weighted by molar-refractivity contribution is -0.126. The largest absolute Gasteiger partial charge is 0.409 e. The number of hydrogen-bond donors (Lipinski definition) is 3. The van der Waals surface area contributed by atoms with E-state index in [1.807, 2.05) is 0 Å². The van der Waals surface area contributed by atoms with Crippen LogP contribution in [0.2, 0.25) is 0 Å². The number of rotatable bonds is 6. The van der Waals surface area contributed by atoms with Gasteiger partial charge in [0.15, 0.2) is 5.84 Å². The second-order valence-corrected chi connectivity index (χ2v) is 5.14. The molecule has 1 saturated carbocycles. The van der Waals surface area contributed by atoms with Gasteiger partial charge in [-0.05, 0) is 26.7 Å². The van der Waals surface area contributed by atoms with Gasteiger partial charge in [0.1, 0.15) is 5.41 Å². The number of nitrogens with two attached hydrogens (primary N) is 1. The number of amidine groups is 1. The molecule has 0 bridgehead atoms. The summed E-state index contributed by atoms with van der Waals surface area (Å²) in [5, 5.41) is 14.2. The van der Waals surface area contributed by atoms with Crippen molar-refractivity contribution in [3.63, 3.8) is 0 Å². The molecule has 0 saturated heterocycles. The molecule has 0 radical (unpaired) electrons. The zero-order valence-corrected chi connectivity index (χ0v) is 11.1. The average molecular weight is 257 g/mol. The molecule has 18 heavy (non-hydrogen) atoms. The predicted molar refractivity (Wildman–Crippen MR) is 68.4 cm³/mol. The molecule has 0 aromatic carbocycles. The van der Waals surface area contributed by atoms with E-state index in [-0.39, 0.29) is 11.7 Å². The molecule has 104 valence electrons. The Kier molecular flexibility index (Phi) is 5.40. The van der Waals surface area contributed by atoms with Crippen LogP contribution >= 0.6 is 0 Å². The van der Waals surface area contributed by atoms with E-state index < -0.39 is 5.41 Å². The highest BCUT2D eigenvalue weighted by Crippen LogP contribution is 2.20. The van der Waals surface area contributed by atoms with Crippen molar-refractivity contribution in [3.05, 3.63) is 0 Å². The third kappa shape index (κ3) is 3.87. The molecule has 0 atom stereocenters. The van der Waals surface area contributed by atoms with E-state index in [1.54, 1.807) is 13.8 Å². The normalized spacial score (nSPS) is 18.0. The molecule has 1 fully saturated rings. The number of carbonyl (C=O) groups is 1. The highest BCUT2D eigenvalue weighted by atomic mass is 16.5. The minimum absolute atomic E-state index is 0.100. The van der Waals surface area contributed by atoms with Gasteiger partial charge in [0.2, 0.25) is 5.91 Å². The monoisotopic (exact) mass is 257 g/mol. The second-order valence-electron chi connectivity index (χ2n) is 5.14. The van der Waals surface area contributed by atoms with E-state index in [1.165, 1.54) is 12.8 Å². The van der Waals surface area contributed by atoms with Gasteiger partial charge >= 0.3 is 0 Å². The number of carbonyl (C=O) groups excluding carboxylic acids is 1. The van der Waals surface area contributed by atoms with Crippen molar-refractivity contribution in [2.75, 3.05) is 13.2 Å². The lowest BCUT2D eigenvalue weighted by Crippen LogP contribution is -2.46. The fourth-order valence-electron chi connectivity index (χ4n) is 1.91. The third-order valence-corrected chi connectivity index (χ3v) is 3.36. The zero-order valence-electron chi connectivity index (χ0n) is 11.1. The van der Waals surface area contributed by atoms with Gasteiger partial charge < -0.3 is 21.0 Å². The Bertz CT molecular complexity index is 310. The number of oxime groups is 1. The summed E-state index contributed by atoms with van der Waals surface area (Å²) in [6.45, 7) is 4.16. The summed E-state index contributed by atoms with van der Waals surface area (Å²) in [4.78, 5) is 11.8. The fourth-order valence-corrected chi connectivity index (χ4v) is 1.91. The smallest absolute Gasteiger partial charge is 0.233 e. The Morgan fingerprint density at radius 3 is 2.67 bits per heavy atom. The topological polar surface area (TPSA) is 96.9 Å². The van der Waals surface area contributed by atoms with Crippen LogP contribution in [-0.4, -0.2) is 36.2 Å². The predicted octanol–water partition coefficient (Wildman–Crippen LogP) is 0.834. The van der Waals surface area contributed by atoms with Gasteiger partial charge in [-0.25, -0.2) is 0 Å². The molecule has 1 aliphatic rings. The summed E-state index contributed by atoms with van der Waals surface area (Å²) in [6.07, 6.45) is 5.03. The summed E-state index contributed by atoms with van der Waals surface area (Å²) in [7, 11) is 0. The van der Waals surface area contributed by atoms with Crippen LogP contribution in [0.5, 0.6) is 0 Å². The van der Waals surface area contributed by atoms with Crippen molar-refractivity contribution in [3.8, 4) is 0 Å². The summed E-state index contributed by atoms with van der Waals surface area (Å²) < 4.78 is 5.63. The van der Waals surface area contributed by atoms with E-state index in [0.29, 0.717) is 19.3 Å². The van der Waals surface area contributed by atoms with Crippen molar-refractivity contribution in [1.82, 2.24) is 5.32 Å². The van der Waals surface area contributed by atoms with Gasteiger partial charge in [-0.2, -0.15) is 0 Å². The molecular weight excluding hydrogens is 234 g/mol. The quantitative estimate of drug-likeness (QED) is 0.216. The molecule has 0 aromatic rings. The van der Waals surface area contributed by atoms with Crippen molar-refractivity contribution in [1.29, 1.82) is 0 Å². The summed E-state index contributed by atoms with van der Waals surface area (Å²) in [5.41, 5.74) is 4.45. The highest BCUT2D eigenvalue weighted by molar-refractivity contribution is 6.05. The minimum atomic E-state index is -1.01. The summed E-state index contributed by atoms with van der Waals surface area (Å²) >= 11 is 0. The van der Waals surface area contributed by atoms with Crippen LogP contribution in [0.4, 0.5) is 0 Å². The van der Waals surface area contributed by atoms with E-state index in [9.17, 15) is 4.79 Å². The summed E-state index contributed by atoms with van der Waals surface area (Å²) in [6, 6.07) is 0. The lowest BCUT2D eigenvalue weighted by Gasteiger charge is -2.22. The van der Waals surface area contributed by atoms with E-state index >= 15 is 0 Å².